The molecular formula is C18H12O6PW+. The summed E-state index contributed by atoms with van der Waals surface area (Å²) in [5.41, 5.74) is 2.80. The van der Waals surface area contributed by atoms with Crippen molar-refractivity contribution in [2.75, 3.05) is 7.11 Å². The molecule has 2 aromatic carbocycles. The summed E-state index contributed by atoms with van der Waals surface area (Å²) in [7, 11) is 1.97. The zero-order chi connectivity index (χ0) is 20.3. The van der Waals surface area contributed by atoms with Crippen molar-refractivity contribution in [1.29, 1.82) is 0 Å². The second kappa shape index (κ2) is 23.1. The van der Waals surface area contributed by atoms with Gasteiger partial charge in [-0.15, -0.1) is 0 Å². The SMILES string of the molecule is COc1ccc2c(c1)[PH2+]c1ccccc1-2.[C-]#[O+].[C-]#[O+].[C-]#[O+].[C-]#[O+].[C-]#[O+].[W]. The van der Waals surface area contributed by atoms with Gasteiger partial charge in [0.15, 0.2) is 0 Å². The maximum absolute atomic E-state index is 7.50. The second-order valence-electron chi connectivity index (χ2n) is 3.68. The van der Waals surface area contributed by atoms with Gasteiger partial charge in [0.1, 0.15) is 16.4 Å². The molecule has 3 rings (SSSR count). The van der Waals surface area contributed by atoms with Crippen LogP contribution in [0.2, 0.25) is 0 Å². The summed E-state index contributed by atoms with van der Waals surface area (Å²) in [5.74, 6) is 0.967. The van der Waals surface area contributed by atoms with Crippen molar-refractivity contribution in [3.63, 3.8) is 0 Å². The molecule has 130 valence electrons. The molecular weight excluding hydrogens is 527 g/mol. The predicted octanol–water partition coefficient (Wildman–Crippen LogP) is 1.85. The van der Waals surface area contributed by atoms with Crippen LogP contribution in [0.15, 0.2) is 42.5 Å². The monoisotopic (exact) mass is 539 g/mol. The van der Waals surface area contributed by atoms with Crippen molar-refractivity contribution in [2.24, 2.45) is 0 Å². The van der Waals surface area contributed by atoms with E-state index < -0.39 is 0 Å². The van der Waals surface area contributed by atoms with Gasteiger partial charge in [0.25, 0.3) is 0 Å². The molecule has 0 bridgehead atoms. The molecule has 1 heterocycles. The maximum Gasteiger partial charge on any atom is 0 e. The fourth-order valence-corrected chi connectivity index (χ4v) is 3.67. The zero-order valence-corrected chi connectivity index (χ0v) is 17.6. The minimum absolute atomic E-state index is 0. The number of benzene rings is 2. The average molecular weight is 539 g/mol. The van der Waals surface area contributed by atoms with Crippen LogP contribution < -0.4 is 15.3 Å². The van der Waals surface area contributed by atoms with Crippen LogP contribution in [0.3, 0.4) is 0 Å². The van der Waals surface area contributed by atoms with Crippen LogP contribution in [0.25, 0.3) is 11.1 Å². The number of hydrogen-bond donors (Lipinski definition) is 0. The fraction of sp³-hybridized carbons (Fsp3) is 0.0556. The van der Waals surface area contributed by atoms with E-state index in [-0.39, 0.29) is 29.6 Å². The molecule has 0 amide bonds. The molecule has 0 fully saturated rings. The first-order valence-corrected chi connectivity index (χ1v) is 7.18. The Labute approximate surface area is 168 Å². The van der Waals surface area contributed by atoms with Crippen molar-refractivity contribution in [1.82, 2.24) is 0 Å². The number of rotatable bonds is 1. The van der Waals surface area contributed by atoms with Gasteiger partial charge in [-0.2, -0.15) is 0 Å². The molecule has 6 nitrogen and oxygen atoms in total. The van der Waals surface area contributed by atoms with Gasteiger partial charge < -0.3 is 4.74 Å². The fourth-order valence-electron chi connectivity index (χ4n) is 2.07. The second-order valence-corrected chi connectivity index (χ2v) is 5.22. The van der Waals surface area contributed by atoms with Crippen LogP contribution >= 0.6 is 8.58 Å². The first kappa shape index (κ1) is 31.8. The molecule has 0 saturated heterocycles. The molecule has 0 N–H and O–H groups in total. The Balaban J connectivity index is -0.000000193. The van der Waals surface area contributed by atoms with E-state index in [1.165, 1.54) is 21.7 Å². The standard InChI is InChI=1S/C13H11OP.5CO.W/c1-14-9-6-7-11-10-4-2-3-5-12(10)15-13(11)8-9;5*1-2;/h2-8,15H,1H3;;;;;;/p+1. The van der Waals surface area contributed by atoms with E-state index in [1.54, 1.807) is 7.11 Å². The smallest absolute Gasteiger partial charge is 0 e. The Morgan fingerprint density at radius 2 is 1.15 bits per heavy atom. The van der Waals surface area contributed by atoms with E-state index in [1.807, 2.05) is 6.07 Å². The Bertz CT molecular complexity index is 700. The van der Waals surface area contributed by atoms with Crippen LogP contribution in [-0.4, -0.2) is 7.11 Å². The van der Waals surface area contributed by atoms with E-state index in [9.17, 15) is 0 Å². The van der Waals surface area contributed by atoms with E-state index in [4.69, 9.17) is 28.0 Å². The van der Waals surface area contributed by atoms with Crippen molar-refractivity contribution in [3.05, 3.63) is 75.7 Å². The minimum Gasteiger partial charge on any atom is 0 e. The molecule has 1 atom stereocenters. The van der Waals surface area contributed by atoms with Gasteiger partial charge in [0.05, 0.1) is 15.7 Å². The normalized spacial score (nSPS) is 8.27. The Hall–Kier alpha value is -1.94. The molecule has 0 radical (unpaired) electrons. The summed E-state index contributed by atoms with van der Waals surface area (Å²) in [6.07, 6.45) is 0. The van der Waals surface area contributed by atoms with Gasteiger partial charge in [-0.3, -0.25) is 0 Å². The molecule has 0 aromatic heterocycles. The molecule has 8 heteroatoms. The third kappa shape index (κ3) is 9.52. The molecule has 0 aliphatic carbocycles. The van der Waals surface area contributed by atoms with Crippen LogP contribution in [-0.2, 0) is 44.3 Å². The predicted molar refractivity (Wildman–Crippen MR) is 87.1 cm³/mol. The van der Waals surface area contributed by atoms with Crippen molar-refractivity contribution in [3.8, 4) is 16.9 Å². The quantitative estimate of drug-likeness (QED) is 0.263. The Morgan fingerprint density at radius 1 is 0.692 bits per heavy atom. The topological polar surface area (TPSA) is 109 Å². The van der Waals surface area contributed by atoms with Gasteiger partial charge in [-0.05, 0) is 18.2 Å². The molecule has 2 aromatic rings. The van der Waals surface area contributed by atoms with Gasteiger partial charge in [-0.25, -0.2) is 0 Å². The number of fused-ring (bicyclic) bond motifs is 3. The van der Waals surface area contributed by atoms with E-state index in [0.717, 1.165) is 5.75 Å². The zero-order valence-electron chi connectivity index (χ0n) is 13.5. The van der Waals surface area contributed by atoms with Crippen molar-refractivity contribution in [2.45, 2.75) is 0 Å². The van der Waals surface area contributed by atoms with Gasteiger partial charge in [0, 0.05) is 38.3 Å². The van der Waals surface area contributed by atoms with Gasteiger partial charge in [-0.1, -0.05) is 18.2 Å². The molecule has 1 unspecified atom stereocenters. The summed E-state index contributed by atoms with van der Waals surface area (Å²) in [6, 6.07) is 15.1. The Kier molecular flexibility index (Phi) is 28.2. The van der Waals surface area contributed by atoms with Crippen LogP contribution in [0.4, 0.5) is 0 Å². The molecule has 0 saturated carbocycles. The third-order valence-electron chi connectivity index (χ3n) is 2.82. The van der Waals surface area contributed by atoms with Crippen molar-refractivity contribution >= 4 is 19.2 Å². The largest absolute Gasteiger partial charge is 0 e. The molecule has 1 aliphatic heterocycles. The van der Waals surface area contributed by atoms with Crippen LogP contribution in [0, 0.1) is 33.3 Å². The summed E-state index contributed by atoms with van der Waals surface area (Å²) in [4.78, 5) is 0. The van der Waals surface area contributed by atoms with Crippen LogP contribution in [0.1, 0.15) is 0 Å². The summed E-state index contributed by atoms with van der Waals surface area (Å²) in [5, 5.41) is 2.95. The summed E-state index contributed by atoms with van der Waals surface area (Å²) >= 11 is 0. The maximum atomic E-state index is 7.50. The van der Waals surface area contributed by atoms with Gasteiger partial charge >= 0.3 is 56.5 Å². The van der Waals surface area contributed by atoms with E-state index >= 15 is 0 Å². The number of methoxy groups -OCH3 is 1. The van der Waals surface area contributed by atoms with Gasteiger partial charge in [0.2, 0.25) is 0 Å². The van der Waals surface area contributed by atoms with E-state index in [2.05, 4.69) is 69.7 Å². The number of ether oxygens (including phenoxy) is 1. The Morgan fingerprint density at radius 3 is 1.65 bits per heavy atom. The first-order valence-electron chi connectivity index (χ1n) is 6.03. The first-order chi connectivity index (χ1) is 12.4. The van der Waals surface area contributed by atoms with Crippen LogP contribution in [0.5, 0.6) is 5.75 Å². The molecule has 1 aliphatic rings. The molecule has 26 heavy (non-hydrogen) atoms. The third-order valence-corrected chi connectivity index (χ3v) is 4.42. The minimum atomic E-state index is 0. The van der Waals surface area contributed by atoms with Crippen molar-refractivity contribution < 1.29 is 49.1 Å². The van der Waals surface area contributed by atoms with E-state index in [0.29, 0.717) is 0 Å². The summed E-state index contributed by atoms with van der Waals surface area (Å²) < 4.78 is 42.8. The summed E-state index contributed by atoms with van der Waals surface area (Å²) in [6.45, 7) is 22.5. The molecule has 0 spiro atoms. The average Bonchev–Trinajstić information content (AvgIpc) is 3.13. The number of hydrogen-bond acceptors (Lipinski definition) is 1.